The van der Waals surface area contributed by atoms with Gasteiger partial charge in [-0.2, -0.15) is 0 Å². The van der Waals surface area contributed by atoms with Gasteiger partial charge in [-0.1, -0.05) is 44.2 Å². The Labute approximate surface area is 88.7 Å². The van der Waals surface area contributed by atoms with Crippen LogP contribution in [-0.4, -0.2) is 11.5 Å². The maximum absolute atomic E-state index is 12.9. The van der Waals surface area contributed by atoms with Crippen LogP contribution in [0.5, 0.6) is 0 Å². The lowest BCUT2D eigenvalue weighted by Gasteiger charge is -2.29. The SMILES string of the molecule is CC(C)CC(O)(c1ccccc1)C(F)F. The lowest BCUT2D eigenvalue weighted by molar-refractivity contribution is -0.113. The second kappa shape index (κ2) is 4.71. The van der Waals surface area contributed by atoms with E-state index in [9.17, 15) is 13.9 Å². The van der Waals surface area contributed by atoms with Gasteiger partial charge in [-0.15, -0.1) is 0 Å². The fraction of sp³-hybridized carbons (Fsp3) is 0.500. The molecule has 0 amide bonds. The molecule has 84 valence electrons. The number of hydrogen-bond acceptors (Lipinski definition) is 1. The third-order valence-electron chi connectivity index (χ3n) is 2.35. The van der Waals surface area contributed by atoms with Crippen LogP contribution >= 0.6 is 0 Å². The molecule has 0 saturated heterocycles. The fourth-order valence-corrected chi connectivity index (χ4v) is 1.68. The first kappa shape index (κ1) is 12.1. The largest absolute Gasteiger partial charge is 0.379 e. The summed E-state index contributed by atoms with van der Waals surface area (Å²) in [5.74, 6) is 0.0178. The van der Waals surface area contributed by atoms with Crippen molar-refractivity contribution in [3.05, 3.63) is 35.9 Å². The van der Waals surface area contributed by atoms with Crippen molar-refractivity contribution in [2.75, 3.05) is 0 Å². The molecule has 0 bridgehead atoms. The average Bonchev–Trinajstić information content (AvgIpc) is 2.17. The summed E-state index contributed by atoms with van der Waals surface area (Å²) in [5.41, 5.74) is -1.73. The van der Waals surface area contributed by atoms with Crippen LogP contribution in [0.15, 0.2) is 30.3 Å². The van der Waals surface area contributed by atoms with E-state index in [0.717, 1.165) is 0 Å². The third kappa shape index (κ3) is 2.75. The lowest BCUT2D eigenvalue weighted by atomic mass is 9.86. The Bertz CT molecular complexity index is 298. The molecule has 1 N–H and O–H groups in total. The highest BCUT2D eigenvalue weighted by molar-refractivity contribution is 5.23. The van der Waals surface area contributed by atoms with Crippen molar-refractivity contribution in [3.63, 3.8) is 0 Å². The molecular formula is C12H16F2O. The Morgan fingerprint density at radius 2 is 1.73 bits per heavy atom. The van der Waals surface area contributed by atoms with Gasteiger partial charge in [0.15, 0.2) is 5.60 Å². The van der Waals surface area contributed by atoms with Crippen molar-refractivity contribution in [2.24, 2.45) is 5.92 Å². The predicted molar refractivity (Wildman–Crippen MR) is 55.8 cm³/mol. The zero-order valence-electron chi connectivity index (χ0n) is 8.95. The highest BCUT2D eigenvalue weighted by Gasteiger charge is 2.39. The smallest absolute Gasteiger partial charge is 0.270 e. The van der Waals surface area contributed by atoms with Crippen LogP contribution in [0.4, 0.5) is 8.78 Å². The van der Waals surface area contributed by atoms with E-state index in [4.69, 9.17) is 0 Å². The Balaban J connectivity index is 3.02. The minimum atomic E-state index is -2.76. The molecule has 1 unspecified atom stereocenters. The number of benzene rings is 1. The summed E-state index contributed by atoms with van der Waals surface area (Å²) >= 11 is 0. The van der Waals surface area contributed by atoms with E-state index < -0.39 is 12.0 Å². The van der Waals surface area contributed by atoms with Gasteiger partial charge in [-0.3, -0.25) is 0 Å². The molecule has 1 aromatic rings. The summed E-state index contributed by atoms with van der Waals surface area (Å²) in [7, 11) is 0. The molecule has 0 aliphatic rings. The van der Waals surface area contributed by atoms with Crippen molar-refractivity contribution in [3.8, 4) is 0 Å². The molecule has 1 atom stereocenters. The fourth-order valence-electron chi connectivity index (χ4n) is 1.68. The highest BCUT2D eigenvalue weighted by Crippen LogP contribution is 2.34. The number of halogens is 2. The molecule has 1 aromatic carbocycles. The number of rotatable bonds is 4. The van der Waals surface area contributed by atoms with Gasteiger partial charge in [0.2, 0.25) is 0 Å². The second-order valence-corrected chi connectivity index (χ2v) is 4.19. The molecule has 1 rings (SSSR count). The summed E-state index contributed by atoms with van der Waals surface area (Å²) in [5, 5.41) is 9.98. The Kier molecular flexibility index (Phi) is 3.80. The average molecular weight is 214 g/mol. The van der Waals surface area contributed by atoms with Crippen LogP contribution in [0.3, 0.4) is 0 Å². The maximum Gasteiger partial charge on any atom is 0.270 e. The predicted octanol–water partition coefficient (Wildman–Crippen LogP) is 3.19. The van der Waals surface area contributed by atoms with Gasteiger partial charge in [0.05, 0.1) is 0 Å². The molecule has 3 heteroatoms. The molecule has 0 radical (unpaired) electrons. The molecule has 0 saturated carbocycles. The van der Waals surface area contributed by atoms with E-state index in [0.29, 0.717) is 0 Å². The summed E-state index contributed by atoms with van der Waals surface area (Å²) in [6, 6.07) is 8.12. The van der Waals surface area contributed by atoms with Gasteiger partial charge in [0.1, 0.15) is 0 Å². The van der Waals surface area contributed by atoms with E-state index in [1.807, 2.05) is 13.8 Å². The van der Waals surface area contributed by atoms with E-state index in [-0.39, 0.29) is 17.9 Å². The minimum Gasteiger partial charge on any atom is -0.379 e. The zero-order valence-corrected chi connectivity index (χ0v) is 8.95. The highest BCUT2D eigenvalue weighted by atomic mass is 19.3. The van der Waals surface area contributed by atoms with E-state index in [1.165, 1.54) is 12.1 Å². The van der Waals surface area contributed by atoms with Gasteiger partial charge in [-0.25, -0.2) is 8.78 Å². The molecule has 0 spiro atoms. The molecule has 0 heterocycles. The van der Waals surface area contributed by atoms with E-state index >= 15 is 0 Å². The Hall–Kier alpha value is -0.960. The van der Waals surface area contributed by atoms with Crippen molar-refractivity contribution in [1.29, 1.82) is 0 Å². The van der Waals surface area contributed by atoms with Crippen molar-refractivity contribution < 1.29 is 13.9 Å². The number of aliphatic hydroxyl groups is 1. The molecule has 0 aromatic heterocycles. The first-order chi connectivity index (χ1) is 6.97. The minimum absolute atomic E-state index is 0.0178. The van der Waals surface area contributed by atoms with Crippen LogP contribution in [0, 0.1) is 5.92 Å². The van der Waals surface area contributed by atoms with Crippen LogP contribution in [0.2, 0.25) is 0 Å². The van der Waals surface area contributed by atoms with Crippen molar-refractivity contribution in [1.82, 2.24) is 0 Å². The van der Waals surface area contributed by atoms with Gasteiger partial charge >= 0.3 is 0 Å². The van der Waals surface area contributed by atoms with Crippen molar-refractivity contribution >= 4 is 0 Å². The third-order valence-corrected chi connectivity index (χ3v) is 2.35. The maximum atomic E-state index is 12.9. The van der Waals surface area contributed by atoms with Crippen LogP contribution in [0.25, 0.3) is 0 Å². The van der Waals surface area contributed by atoms with Crippen LogP contribution in [0.1, 0.15) is 25.8 Å². The van der Waals surface area contributed by atoms with Gasteiger partial charge in [0, 0.05) is 0 Å². The van der Waals surface area contributed by atoms with Gasteiger partial charge in [-0.05, 0) is 17.9 Å². The summed E-state index contributed by atoms with van der Waals surface area (Å²) in [4.78, 5) is 0. The molecular weight excluding hydrogens is 198 g/mol. The number of alkyl halides is 2. The van der Waals surface area contributed by atoms with Crippen LogP contribution < -0.4 is 0 Å². The molecule has 0 aliphatic heterocycles. The van der Waals surface area contributed by atoms with E-state index in [2.05, 4.69) is 0 Å². The molecule has 1 nitrogen and oxygen atoms in total. The normalized spacial score (nSPS) is 15.7. The first-order valence-corrected chi connectivity index (χ1v) is 5.03. The van der Waals surface area contributed by atoms with Gasteiger partial charge in [0.25, 0.3) is 6.43 Å². The number of hydrogen-bond donors (Lipinski definition) is 1. The quantitative estimate of drug-likeness (QED) is 0.816. The monoisotopic (exact) mass is 214 g/mol. The summed E-state index contributed by atoms with van der Waals surface area (Å²) in [6.07, 6.45) is -2.70. The molecule has 0 fully saturated rings. The topological polar surface area (TPSA) is 20.2 Å². The van der Waals surface area contributed by atoms with Crippen LogP contribution in [-0.2, 0) is 5.60 Å². The Morgan fingerprint density at radius 1 is 1.20 bits per heavy atom. The van der Waals surface area contributed by atoms with E-state index in [1.54, 1.807) is 18.2 Å². The standard InChI is InChI=1S/C12H16F2O/c1-9(2)8-12(15,11(13)14)10-6-4-3-5-7-10/h3-7,9,11,15H,8H2,1-2H3. The Morgan fingerprint density at radius 3 is 2.13 bits per heavy atom. The summed E-state index contributed by atoms with van der Waals surface area (Å²) < 4.78 is 25.8. The van der Waals surface area contributed by atoms with Gasteiger partial charge < -0.3 is 5.11 Å². The first-order valence-electron chi connectivity index (χ1n) is 5.03. The van der Waals surface area contributed by atoms with Crippen molar-refractivity contribution in [2.45, 2.75) is 32.3 Å². The lowest BCUT2D eigenvalue weighted by Crippen LogP contribution is -2.35. The second-order valence-electron chi connectivity index (χ2n) is 4.19. The molecule has 15 heavy (non-hydrogen) atoms. The summed E-state index contributed by atoms with van der Waals surface area (Å²) in [6.45, 7) is 3.63. The zero-order chi connectivity index (χ0) is 11.5. The molecule has 0 aliphatic carbocycles.